The second-order valence-electron chi connectivity index (χ2n) is 7.60. The monoisotopic (exact) mass is 398 g/mol. The normalized spacial score (nSPS) is 16.8. The molecule has 1 saturated heterocycles. The van der Waals surface area contributed by atoms with Gasteiger partial charge in [-0.25, -0.2) is 13.4 Å². The summed E-state index contributed by atoms with van der Waals surface area (Å²) in [7, 11) is -3.44. The largest absolute Gasteiger partial charge is 0.341 e. The van der Waals surface area contributed by atoms with Crippen LogP contribution in [0.2, 0.25) is 0 Å². The molecule has 1 aliphatic heterocycles. The average Bonchev–Trinajstić information content (AvgIpc) is 3.10. The van der Waals surface area contributed by atoms with Crippen LogP contribution in [0.3, 0.4) is 0 Å². The lowest BCUT2D eigenvalue weighted by atomic mass is 10.0. The van der Waals surface area contributed by atoms with E-state index in [1.165, 1.54) is 0 Å². The van der Waals surface area contributed by atoms with E-state index in [2.05, 4.69) is 28.7 Å². The minimum Gasteiger partial charge on any atom is -0.341 e. The highest BCUT2D eigenvalue weighted by Crippen LogP contribution is 2.22. The van der Waals surface area contributed by atoms with Gasteiger partial charge in [-0.1, -0.05) is 38.1 Å². The van der Waals surface area contributed by atoms with Crippen molar-refractivity contribution in [2.45, 2.75) is 31.2 Å². The van der Waals surface area contributed by atoms with Crippen molar-refractivity contribution in [2.24, 2.45) is 0 Å². The number of nitrogens with zero attached hydrogens (tertiary/aromatic N) is 3. The van der Waals surface area contributed by atoms with E-state index < -0.39 is 10.0 Å². The predicted octanol–water partition coefficient (Wildman–Crippen LogP) is 3.19. The number of H-pyrrole nitrogens is 1. The zero-order valence-corrected chi connectivity index (χ0v) is 17.1. The Kier molecular flexibility index (Phi) is 5.23. The van der Waals surface area contributed by atoms with E-state index >= 15 is 0 Å². The number of aromatic nitrogens is 2. The first-order valence-corrected chi connectivity index (χ1v) is 11.1. The smallest absolute Gasteiger partial charge is 0.243 e. The molecule has 0 unspecified atom stereocenters. The van der Waals surface area contributed by atoms with Gasteiger partial charge < -0.3 is 4.98 Å². The van der Waals surface area contributed by atoms with Gasteiger partial charge in [0.15, 0.2) is 0 Å². The third-order valence-corrected chi connectivity index (χ3v) is 7.24. The van der Waals surface area contributed by atoms with E-state index in [4.69, 9.17) is 0 Å². The van der Waals surface area contributed by atoms with Gasteiger partial charge in [0.05, 0.1) is 22.5 Å². The Bertz CT molecular complexity index is 1020. The fraction of sp³-hybridized carbons (Fsp3) is 0.381. The lowest BCUT2D eigenvalue weighted by molar-refractivity contribution is 0.178. The van der Waals surface area contributed by atoms with Crippen LogP contribution in [0.25, 0.3) is 11.0 Å². The molecule has 0 spiro atoms. The van der Waals surface area contributed by atoms with Crippen LogP contribution in [-0.2, 0) is 16.6 Å². The molecular formula is C21H26N4O2S. The molecule has 4 rings (SSSR count). The summed E-state index contributed by atoms with van der Waals surface area (Å²) in [6.45, 7) is 7.28. The number of aromatic amines is 1. The minimum absolute atomic E-state index is 0.377. The van der Waals surface area contributed by atoms with Gasteiger partial charge in [-0.3, -0.25) is 4.90 Å². The van der Waals surface area contributed by atoms with Crippen LogP contribution in [0, 0.1) is 0 Å². The van der Waals surface area contributed by atoms with Crippen molar-refractivity contribution in [1.29, 1.82) is 0 Å². The third-order valence-electron chi connectivity index (χ3n) is 5.33. The Labute approximate surface area is 166 Å². The SMILES string of the molecule is CC(C)c1ccc(S(=O)(=O)N2CCN(Cc3nc4ccccc4[nH]3)CC2)cc1. The van der Waals surface area contributed by atoms with E-state index in [0.29, 0.717) is 43.5 Å². The molecule has 1 N–H and O–H groups in total. The zero-order valence-electron chi connectivity index (χ0n) is 16.3. The molecule has 28 heavy (non-hydrogen) atoms. The number of hydrogen-bond acceptors (Lipinski definition) is 4. The number of fused-ring (bicyclic) bond motifs is 1. The van der Waals surface area contributed by atoms with Crippen molar-refractivity contribution >= 4 is 21.1 Å². The summed E-state index contributed by atoms with van der Waals surface area (Å²) in [5, 5.41) is 0. The van der Waals surface area contributed by atoms with Crippen molar-refractivity contribution < 1.29 is 8.42 Å². The van der Waals surface area contributed by atoms with E-state index in [0.717, 1.165) is 22.4 Å². The molecule has 148 valence electrons. The Balaban J connectivity index is 1.40. The average molecular weight is 399 g/mol. The van der Waals surface area contributed by atoms with E-state index in [-0.39, 0.29) is 0 Å². The fourth-order valence-corrected chi connectivity index (χ4v) is 5.02. The van der Waals surface area contributed by atoms with Gasteiger partial charge in [-0.05, 0) is 35.7 Å². The number of imidazole rings is 1. The highest BCUT2D eigenvalue weighted by Gasteiger charge is 2.28. The van der Waals surface area contributed by atoms with E-state index in [1.807, 2.05) is 36.4 Å². The molecule has 6 nitrogen and oxygen atoms in total. The van der Waals surface area contributed by atoms with Crippen molar-refractivity contribution in [3.8, 4) is 0 Å². The molecule has 0 atom stereocenters. The van der Waals surface area contributed by atoms with Crippen LogP contribution in [0.5, 0.6) is 0 Å². The summed E-state index contributed by atoms with van der Waals surface area (Å²) < 4.78 is 27.5. The molecule has 2 heterocycles. The van der Waals surface area contributed by atoms with Crippen LogP contribution < -0.4 is 0 Å². The zero-order chi connectivity index (χ0) is 19.7. The second-order valence-corrected chi connectivity index (χ2v) is 9.54. The topological polar surface area (TPSA) is 69.3 Å². The number of benzene rings is 2. The Hall–Kier alpha value is -2.22. The summed E-state index contributed by atoms with van der Waals surface area (Å²) >= 11 is 0. The first-order valence-electron chi connectivity index (χ1n) is 9.69. The van der Waals surface area contributed by atoms with Gasteiger partial charge in [-0.15, -0.1) is 0 Å². The van der Waals surface area contributed by atoms with Crippen LogP contribution in [0.4, 0.5) is 0 Å². The van der Waals surface area contributed by atoms with Gasteiger partial charge >= 0.3 is 0 Å². The number of nitrogens with one attached hydrogen (secondary N) is 1. The maximum Gasteiger partial charge on any atom is 0.243 e. The molecule has 0 bridgehead atoms. The number of rotatable bonds is 5. The molecule has 0 radical (unpaired) electrons. The van der Waals surface area contributed by atoms with Gasteiger partial charge in [0.2, 0.25) is 10.0 Å². The highest BCUT2D eigenvalue weighted by atomic mass is 32.2. The summed E-state index contributed by atoms with van der Waals surface area (Å²) in [5.74, 6) is 1.31. The molecular weight excluding hydrogens is 372 g/mol. The Morgan fingerprint density at radius 2 is 1.68 bits per heavy atom. The van der Waals surface area contributed by atoms with Gasteiger partial charge in [0, 0.05) is 26.2 Å². The summed E-state index contributed by atoms with van der Waals surface area (Å²) in [6, 6.07) is 15.2. The summed E-state index contributed by atoms with van der Waals surface area (Å²) in [4.78, 5) is 10.6. The van der Waals surface area contributed by atoms with Gasteiger partial charge in [0.25, 0.3) is 0 Å². The minimum atomic E-state index is -3.44. The lowest BCUT2D eigenvalue weighted by Crippen LogP contribution is -2.48. The molecule has 7 heteroatoms. The molecule has 0 saturated carbocycles. The van der Waals surface area contributed by atoms with Crippen LogP contribution in [0.15, 0.2) is 53.4 Å². The summed E-state index contributed by atoms with van der Waals surface area (Å²) in [5.41, 5.74) is 3.14. The van der Waals surface area contributed by atoms with E-state index in [1.54, 1.807) is 16.4 Å². The van der Waals surface area contributed by atoms with Crippen LogP contribution in [-0.4, -0.2) is 53.8 Å². The maximum absolute atomic E-state index is 12.9. The second kappa shape index (κ2) is 7.66. The summed E-state index contributed by atoms with van der Waals surface area (Å²) in [6.07, 6.45) is 0. The fourth-order valence-electron chi connectivity index (χ4n) is 3.59. The molecule has 1 aromatic heterocycles. The van der Waals surface area contributed by atoms with Gasteiger partial charge in [-0.2, -0.15) is 4.31 Å². The molecule has 1 fully saturated rings. The van der Waals surface area contributed by atoms with Crippen molar-refractivity contribution in [3.05, 3.63) is 59.9 Å². The number of sulfonamides is 1. The van der Waals surface area contributed by atoms with Gasteiger partial charge in [0.1, 0.15) is 5.82 Å². The first kappa shape index (κ1) is 19.1. The number of piperazine rings is 1. The number of hydrogen-bond donors (Lipinski definition) is 1. The van der Waals surface area contributed by atoms with Crippen molar-refractivity contribution in [3.63, 3.8) is 0 Å². The molecule has 1 aliphatic rings. The Morgan fingerprint density at radius 3 is 2.32 bits per heavy atom. The molecule has 3 aromatic rings. The predicted molar refractivity (Wildman–Crippen MR) is 111 cm³/mol. The van der Waals surface area contributed by atoms with Crippen molar-refractivity contribution in [1.82, 2.24) is 19.2 Å². The molecule has 2 aromatic carbocycles. The lowest BCUT2D eigenvalue weighted by Gasteiger charge is -2.33. The van der Waals surface area contributed by atoms with Crippen molar-refractivity contribution in [2.75, 3.05) is 26.2 Å². The molecule has 0 aliphatic carbocycles. The van der Waals surface area contributed by atoms with E-state index in [9.17, 15) is 8.42 Å². The standard InChI is InChI=1S/C21H26N4O2S/c1-16(2)17-7-9-18(10-8-17)28(26,27)25-13-11-24(12-14-25)15-21-22-19-5-3-4-6-20(19)23-21/h3-10,16H,11-15H2,1-2H3,(H,22,23). The first-order chi connectivity index (χ1) is 13.4. The highest BCUT2D eigenvalue weighted by molar-refractivity contribution is 7.89. The molecule has 0 amide bonds. The third kappa shape index (κ3) is 3.83. The van der Waals surface area contributed by atoms with Crippen LogP contribution >= 0.6 is 0 Å². The quantitative estimate of drug-likeness (QED) is 0.717. The maximum atomic E-state index is 12.9. The number of para-hydroxylation sites is 2. The van der Waals surface area contributed by atoms with Crippen LogP contribution in [0.1, 0.15) is 31.2 Å². The Morgan fingerprint density at radius 1 is 1.00 bits per heavy atom.